The number of guanidine groups is 1. The molecule has 2 rings (SSSR count). The number of furan rings is 1. The van der Waals surface area contributed by atoms with Gasteiger partial charge < -0.3 is 15.1 Å². The molecule has 1 heterocycles. The van der Waals surface area contributed by atoms with Crippen molar-refractivity contribution in [3.63, 3.8) is 0 Å². The van der Waals surface area contributed by atoms with Crippen LogP contribution in [0.15, 0.2) is 52.1 Å². The van der Waals surface area contributed by atoms with Gasteiger partial charge in [-0.1, -0.05) is 19.1 Å². The van der Waals surface area contributed by atoms with Crippen molar-refractivity contribution >= 4 is 29.9 Å². The highest BCUT2D eigenvalue weighted by Crippen LogP contribution is 2.04. The minimum Gasteiger partial charge on any atom is -0.469 e. The summed E-state index contributed by atoms with van der Waals surface area (Å²) in [4.78, 5) is 4.57. The van der Waals surface area contributed by atoms with Crippen LogP contribution in [0, 0.1) is 5.82 Å². The molecule has 24 heavy (non-hydrogen) atoms. The lowest BCUT2D eigenvalue weighted by molar-refractivity contribution is 0.506. The largest absolute Gasteiger partial charge is 0.469 e. The van der Waals surface area contributed by atoms with Gasteiger partial charge in [0.1, 0.15) is 11.6 Å². The molecule has 6 heteroatoms. The zero-order valence-corrected chi connectivity index (χ0v) is 16.4. The van der Waals surface area contributed by atoms with Gasteiger partial charge in [0.2, 0.25) is 0 Å². The number of aliphatic imine (C=N–C) groups is 1. The summed E-state index contributed by atoms with van der Waals surface area (Å²) in [5.74, 6) is 1.47. The normalized spacial score (nSPS) is 12.4. The van der Waals surface area contributed by atoms with Crippen LogP contribution in [-0.4, -0.2) is 18.5 Å². The molecule has 2 N–H and O–H groups in total. The Bertz CT molecular complexity index is 599. The fraction of sp³-hybridized carbons (Fsp3) is 0.389. The van der Waals surface area contributed by atoms with E-state index in [1.165, 1.54) is 12.1 Å². The molecule has 0 radical (unpaired) electrons. The molecule has 0 aliphatic carbocycles. The van der Waals surface area contributed by atoms with E-state index in [2.05, 4.69) is 29.5 Å². The average molecular weight is 445 g/mol. The number of benzene rings is 1. The second-order valence-corrected chi connectivity index (χ2v) is 5.50. The van der Waals surface area contributed by atoms with Crippen molar-refractivity contribution in [3.05, 3.63) is 59.8 Å². The van der Waals surface area contributed by atoms with Crippen LogP contribution in [0.5, 0.6) is 0 Å². The van der Waals surface area contributed by atoms with Gasteiger partial charge in [-0.2, -0.15) is 0 Å². The van der Waals surface area contributed by atoms with Crippen LogP contribution in [0.2, 0.25) is 0 Å². The maximum absolute atomic E-state index is 12.9. The van der Waals surface area contributed by atoms with Gasteiger partial charge in [-0.3, -0.25) is 0 Å². The van der Waals surface area contributed by atoms with E-state index in [9.17, 15) is 4.39 Å². The number of halogens is 2. The molecule has 0 aliphatic rings. The fourth-order valence-electron chi connectivity index (χ4n) is 2.01. The van der Waals surface area contributed by atoms with Crippen LogP contribution in [0.3, 0.4) is 0 Å². The van der Waals surface area contributed by atoms with Gasteiger partial charge in [-0.05, 0) is 43.2 Å². The van der Waals surface area contributed by atoms with Crippen LogP contribution in [0.4, 0.5) is 4.39 Å². The highest BCUT2D eigenvalue weighted by atomic mass is 127. The monoisotopic (exact) mass is 445 g/mol. The summed E-state index contributed by atoms with van der Waals surface area (Å²) in [6, 6.07) is 10.6. The lowest BCUT2D eigenvalue weighted by Gasteiger charge is -2.17. The van der Waals surface area contributed by atoms with Crippen molar-refractivity contribution in [2.24, 2.45) is 4.99 Å². The second-order valence-electron chi connectivity index (χ2n) is 5.50. The molecule has 1 unspecified atom stereocenters. The van der Waals surface area contributed by atoms with E-state index in [1.54, 1.807) is 18.4 Å². The lowest BCUT2D eigenvalue weighted by atomic mass is 10.2. The topological polar surface area (TPSA) is 49.6 Å². The van der Waals surface area contributed by atoms with Crippen molar-refractivity contribution in [1.82, 2.24) is 10.6 Å². The zero-order chi connectivity index (χ0) is 16.5. The summed E-state index contributed by atoms with van der Waals surface area (Å²) in [5.41, 5.74) is 0.975. The third-order valence-electron chi connectivity index (χ3n) is 3.57. The van der Waals surface area contributed by atoms with Gasteiger partial charge in [0.15, 0.2) is 5.96 Å². The van der Waals surface area contributed by atoms with E-state index < -0.39 is 0 Å². The third kappa shape index (κ3) is 7.33. The van der Waals surface area contributed by atoms with Crippen LogP contribution in [0.1, 0.15) is 31.6 Å². The van der Waals surface area contributed by atoms with Gasteiger partial charge in [0.05, 0.1) is 12.8 Å². The van der Waals surface area contributed by atoms with E-state index in [0.717, 1.165) is 36.7 Å². The highest BCUT2D eigenvalue weighted by Gasteiger charge is 2.04. The quantitative estimate of drug-likeness (QED) is 0.383. The molecule has 1 aromatic carbocycles. The van der Waals surface area contributed by atoms with Crippen molar-refractivity contribution in [2.45, 2.75) is 39.3 Å². The molecule has 1 aromatic heterocycles. The predicted molar refractivity (Wildman–Crippen MR) is 106 cm³/mol. The Hall–Kier alpha value is -1.57. The molecule has 4 nitrogen and oxygen atoms in total. The first-order valence-electron chi connectivity index (χ1n) is 7.99. The zero-order valence-electron chi connectivity index (χ0n) is 14.1. The Morgan fingerprint density at radius 2 is 2.00 bits per heavy atom. The smallest absolute Gasteiger partial charge is 0.191 e. The number of hydrogen-bond donors (Lipinski definition) is 2. The fourth-order valence-corrected chi connectivity index (χ4v) is 2.01. The summed E-state index contributed by atoms with van der Waals surface area (Å²) in [5, 5.41) is 6.67. The summed E-state index contributed by atoms with van der Waals surface area (Å²) in [7, 11) is 0. The Balaban J connectivity index is 0.00000288. The summed E-state index contributed by atoms with van der Waals surface area (Å²) in [6.07, 6.45) is 3.48. The minimum absolute atomic E-state index is 0. The van der Waals surface area contributed by atoms with E-state index >= 15 is 0 Å². The first kappa shape index (κ1) is 20.5. The number of nitrogens with one attached hydrogen (secondary N) is 2. The van der Waals surface area contributed by atoms with E-state index in [0.29, 0.717) is 12.6 Å². The van der Waals surface area contributed by atoms with E-state index in [4.69, 9.17) is 4.42 Å². The molecule has 0 amide bonds. The number of hydrogen-bond acceptors (Lipinski definition) is 2. The first-order valence-corrected chi connectivity index (χ1v) is 7.99. The molecular formula is C18H25FIN3O. The van der Waals surface area contributed by atoms with Gasteiger partial charge >= 0.3 is 0 Å². The summed E-state index contributed by atoms with van der Waals surface area (Å²) >= 11 is 0. The Kier molecular flexibility index (Phi) is 9.44. The van der Waals surface area contributed by atoms with Gasteiger partial charge in [-0.25, -0.2) is 9.38 Å². The van der Waals surface area contributed by atoms with Crippen LogP contribution in [0.25, 0.3) is 0 Å². The maximum atomic E-state index is 12.9. The van der Waals surface area contributed by atoms with E-state index in [-0.39, 0.29) is 29.8 Å². The molecule has 0 aliphatic heterocycles. The SMILES string of the molecule is CCC(C)NC(=NCc1ccc(F)cc1)NCCc1ccco1.I. The molecule has 132 valence electrons. The Labute approximate surface area is 160 Å². The van der Waals surface area contributed by atoms with Crippen molar-refractivity contribution in [1.29, 1.82) is 0 Å². The van der Waals surface area contributed by atoms with Crippen molar-refractivity contribution < 1.29 is 8.81 Å². The molecule has 0 fully saturated rings. The highest BCUT2D eigenvalue weighted by molar-refractivity contribution is 14.0. The molecule has 0 spiro atoms. The average Bonchev–Trinajstić information content (AvgIpc) is 3.07. The van der Waals surface area contributed by atoms with Crippen LogP contribution < -0.4 is 10.6 Å². The number of rotatable bonds is 7. The Morgan fingerprint density at radius 1 is 1.25 bits per heavy atom. The lowest BCUT2D eigenvalue weighted by Crippen LogP contribution is -2.42. The Morgan fingerprint density at radius 3 is 2.62 bits per heavy atom. The van der Waals surface area contributed by atoms with Crippen molar-refractivity contribution in [3.8, 4) is 0 Å². The van der Waals surface area contributed by atoms with E-state index in [1.807, 2.05) is 12.1 Å². The maximum Gasteiger partial charge on any atom is 0.191 e. The molecule has 0 bridgehead atoms. The predicted octanol–water partition coefficient (Wildman–Crippen LogP) is 4.11. The number of nitrogens with zero attached hydrogens (tertiary/aromatic N) is 1. The molecule has 0 saturated carbocycles. The molecule has 1 atom stereocenters. The standard InChI is InChI=1S/C18H24FN3O.HI/c1-3-14(2)22-18(20-11-10-17-5-4-12-23-17)21-13-15-6-8-16(19)9-7-15;/h4-9,12,14H,3,10-11,13H2,1-2H3,(H2,20,21,22);1H. The molecule has 0 saturated heterocycles. The van der Waals surface area contributed by atoms with Crippen molar-refractivity contribution in [2.75, 3.05) is 6.54 Å². The summed E-state index contributed by atoms with van der Waals surface area (Å²) in [6.45, 7) is 5.48. The van der Waals surface area contributed by atoms with Gasteiger partial charge in [0, 0.05) is 19.0 Å². The summed E-state index contributed by atoms with van der Waals surface area (Å²) < 4.78 is 18.3. The molecule has 2 aromatic rings. The third-order valence-corrected chi connectivity index (χ3v) is 3.57. The first-order chi connectivity index (χ1) is 11.2. The molecular weight excluding hydrogens is 420 g/mol. The van der Waals surface area contributed by atoms with Crippen LogP contribution in [-0.2, 0) is 13.0 Å². The van der Waals surface area contributed by atoms with Gasteiger partial charge in [0.25, 0.3) is 0 Å². The minimum atomic E-state index is -0.229. The second kappa shape index (κ2) is 11.1. The van der Waals surface area contributed by atoms with Gasteiger partial charge in [-0.15, -0.1) is 24.0 Å². The van der Waals surface area contributed by atoms with Crippen LogP contribution >= 0.6 is 24.0 Å².